The Morgan fingerprint density at radius 3 is 3.00 bits per heavy atom. The molecule has 0 aliphatic carbocycles. The maximum Gasteiger partial charge on any atom is 0.179 e. The second-order valence-corrected chi connectivity index (χ2v) is 5.41. The smallest absolute Gasteiger partial charge is 0.179 e. The Bertz CT molecular complexity index is 534. The summed E-state index contributed by atoms with van der Waals surface area (Å²) in [6.45, 7) is 0.906. The minimum atomic E-state index is -0.267. The molecule has 0 saturated carbocycles. The molecule has 2 aromatic heterocycles. The molecule has 1 aliphatic heterocycles. The maximum atomic E-state index is 5.39. The van der Waals surface area contributed by atoms with Crippen molar-refractivity contribution in [3.05, 3.63) is 23.6 Å². The molecule has 3 heterocycles. The molecule has 0 fully saturated rings. The van der Waals surface area contributed by atoms with Crippen molar-refractivity contribution in [1.82, 2.24) is 9.78 Å². The summed E-state index contributed by atoms with van der Waals surface area (Å²) in [5, 5.41) is 10.1. The van der Waals surface area contributed by atoms with Gasteiger partial charge in [0.05, 0.1) is 4.88 Å². The highest BCUT2D eigenvalue weighted by Crippen LogP contribution is 2.32. The molecule has 1 aliphatic rings. The third-order valence-corrected chi connectivity index (χ3v) is 4.24. The van der Waals surface area contributed by atoms with E-state index in [1.165, 1.54) is 4.88 Å². The van der Waals surface area contributed by atoms with E-state index in [1.54, 1.807) is 25.6 Å². The van der Waals surface area contributed by atoms with Crippen LogP contribution in [0, 0.1) is 0 Å². The molecule has 0 radical (unpaired) electrons. The van der Waals surface area contributed by atoms with Crippen LogP contribution in [0.15, 0.2) is 23.6 Å². The largest absolute Gasteiger partial charge is 0.370 e. The number of hydrogen-bond acceptors (Lipinski definition) is 5. The first-order valence-electron chi connectivity index (χ1n) is 6.26. The van der Waals surface area contributed by atoms with Gasteiger partial charge in [-0.1, -0.05) is 6.07 Å². The molecule has 1 unspecified atom stereocenters. The number of fused-ring (bicyclic) bond motifs is 1. The van der Waals surface area contributed by atoms with Gasteiger partial charge < -0.3 is 14.8 Å². The van der Waals surface area contributed by atoms with Gasteiger partial charge in [-0.3, -0.25) is 0 Å². The fourth-order valence-electron chi connectivity index (χ4n) is 2.46. The molecule has 0 aromatic carbocycles. The van der Waals surface area contributed by atoms with Crippen LogP contribution in [-0.4, -0.2) is 36.8 Å². The fraction of sp³-hybridized carbons (Fsp3) is 0.462. The number of ether oxygens (including phenoxy) is 2. The first kappa shape index (κ1) is 12.7. The number of thiophene rings is 1. The standard InChI is InChI=1S/C13H17N3O2S/c1-17-13(18-2)10-5-6-14-12-8-9(15-16(10)12)11-4-3-7-19-11/h3-4,7-8,10,13-14H,5-6H2,1-2H3. The number of rotatable bonds is 4. The zero-order chi connectivity index (χ0) is 13.2. The lowest BCUT2D eigenvalue weighted by molar-refractivity contribution is -0.135. The van der Waals surface area contributed by atoms with Gasteiger partial charge in [-0.2, -0.15) is 5.10 Å². The molecule has 0 spiro atoms. The van der Waals surface area contributed by atoms with Crippen LogP contribution in [0.3, 0.4) is 0 Å². The summed E-state index contributed by atoms with van der Waals surface area (Å²) in [7, 11) is 3.33. The van der Waals surface area contributed by atoms with Crippen LogP contribution in [0.25, 0.3) is 10.6 Å². The molecule has 6 heteroatoms. The Morgan fingerprint density at radius 2 is 2.32 bits per heavy atom. The lowest BCUT2D eigenvalue weighted by Gasteiger charge is -2.30. The van der Waals surface area contributed by atoms with Gasteiger partial charge in [0.15, 0.2) is 6.29 Å². The fourth-order valence-corrected chi connectivity index (χ4v) is 3.14. The lowest BCUT2D eigenvalue weighted by Crippen LogP contribution is -2.34. The second kappa shape index (κ2) is 5.32. The van der Waals surface area contributed by atoms with E-state index in [-0.39, 0.29) is 12.3 Å². The van der Waals surface area contributed by atoms with Crippen molar-refractivity contribution in [2.24, 2.45) is 0 Å². The number of nitrogens with one attached hydrogen (secondary N) is 1. The van der Waals surface area contributed by atoms with Gasteiger partial charge in [-0.05, 0) is 17.9 Å². The van der Waals surface area contributed by atoms with E-state index in [0.717, 1.165) is 24.5 Å². The van der Waals surface area contributed by atoms with Gasteiger partial charge in [0.2, 0.25) is 0 Å². The lowest BCUT2D eigenvalue weighted by atomic mass is 10.1. The van der Waals surface area contributed by atoms with Gasteiger partial charge in [-0.25, -0.2) is 4.68 Å². The van der Waals surface area contributed by atoms with E-state index in [2.05, 4.69) is 22.8 Å². The highest BCUT2D eigenvalue weighted by atomic mass is 32.1. The van der Waals surface area contributed by atoms with Crippen molar-refractivity contribution in [3.63, 3.8) is 0 Å². The summed E-state index contributed by atoms with van der Waals surface area (Å²) in [5.74, 6) is 1.03. The van der Waals surface area contributed by atoms with Crippen molar-refractivity contribution >= 4 is 17.2 Å². The van der Waals surface area contributed by atoms with Crippen LogP contribution < -0.4 is 5.32 Å². The molecule has 1 atom stereocenters. The molecule has 0 amide bonds. The van der Waals surface area contributed by atoms with Crippen LogP contribution in [-0.2, 0) is 9.47 Å². The zero-order valence-corrected chi connectivity index (χ0v) is 11.8. The molecule has 0 bridgehead atoms. The van der Waals surface area contributed by atoms with E-state index >= 15 is 0 Å². The van der Waals surface area contributed by atoms with Crippen LogP contribution >= 0.6 is 11.3 Å². The third-order valence-electron chi connectivity index (χ3n) is 3.35. The highest BCUT2D eigenvalue weighted by Gasteiger charge is 2.29. The van der Waals surface area contributed by atoms with Crippen LogP contribution in [0.1, 0.15) is 12.5 Å². The van der Waals surface area contributed by atoms with E-state index in [9.17, 15) is 0 Å². The van der Waals surface area contributed by atoms with Gasteiger partial charge in [0.25, 0.3) is 0 Å². The van der Waals surface area contributed by atoms with Crippen molar-refractivity contribution in [1.29, 1.82) is 0 Å². The summed E-state index contributed by atoms with van der Waals surface area (Å²) >= 11 is 1.69. The minimum absolute atomic E-state index is 0.111. The molecular formula is C13H17N3O2S. The minimum Gasteiger partial charge on any atom is -0.370 e. The molecule has 19 heavy (non-hydrogen) atoms. The Labute approximate surface area is 116 Å². The number of hydrogen-bond donors (Lipinski definition) is 1. The molecular weight excluding hydrogens is 262 g/mol. The molecule has 0 saturated heterocycles. The molecule has 2 aromatic rings. The van der Waals surface area contributed by atoms with Gasteiger partial charge in [-0.15, -0.1) is 11.3 Å². The van der Waals surface area contributed by atoms with Gasteiger partial charge >= 0.3 is 0 Å². The van der Waals surface area contributed by atoms with Gasteiger partial charge in [0.1, 0.15) is 17.6 Å². The molecule has 3 rings (SSSR count). The monoisotopic (exact) mass is 279 g/mol. The van der Waals surface area contributed by atoms with Crippen molar-refractivity contribution in [2.45, 2.75) is 18.8 Å². The summed E-state index contributed by atoms with van der Waals surface area (Å²) < 4.78 is 12.8. The summed E-state index contributed by atoms with van der Waals surface area (Å²) in [5.41, 5.74) is 0.996. The zero-order valence-electron chi connectivity index (χ0n) is 11.0. The third kappa shape index (κ3) is 2.27. The Hall–Kier alpha value is -1.37. The summed E-state index contributed by atoms with van der Waals surface area (Å²) in [6.07, 6.45) is 0.669. The average molecular weight is 279 g/mol. The Kier molecular flexibility index (Phi) is 3.54. The number of aromatic nitrogens is 2. The second-order valence-electron chi connectivity index (χ2n) is 4.46. The van der Waals surface area contributed by atoms with E-state index in [1.807, 2.05) is 10.7 Å². The SMILES string of the molecule is COC(OC)C1CCNc2cc(-c3cccs3)nn21. The quantitative estimate of drug-likeness (QED) is 0.874. The van der Waals surface area contributed by atoms with Crippen molar-refractivity contribution < 1.29 is 9.47 Å². The average Bonchev–Trinajstić information content (AvgIpc) is 3.09. The van der Waals surface area contributed by atoms with Crippen LogP contribution in [0.2, 0.25) is 0 Å². The highest BCUT2D eigenvalue weighted by molar-refractivity contribution is 7.13. The number of methoxy groups -OCH3 is 2. The molecule has 1 N–H and O–H groups in total. The Balaban J connectivity index is 1.96. The van der Waals surface area contributed by atoms with E-state index in [0.29, 0.717) is 0 Å². The predicted octanol–water partition coefficient (Wildman–Crippen LogP) is 2.59. The van der Waals surface area contributed by atoms with Crippen molar-refractivity contribution in [3.8, 4) is 10.6 Å². The Morgan fingerprint density at radius 1 is 1.47 bits per heavy atom. The van der Waals surface area contributed by atoms with Crippen molar-refractivity contribution in [2.75, 3.05) is 26.1 Å². The van der Waals surface area contributed by atoms with E-state index in [4.69, 9.17) is 14.6 Å². The topological polar surface area (TPSA) is 48.3 Å². The predicted molar refractivity (Wildman–Crippen MR) is 75.5 cm³/mol. The van der Waals surface area contributed by atoms with Crippen LogP contribution in [0.5, 0.6) is 0 Å². The van der Waals surface area contributed by atoms with Crippen LogP contribution in [0.4, 0.5) is 5.82 Å². The van der Waals surface area contributed by atoms with E-state index < -0.39 is 0 Å². The normalized spacial score (nSPS) is 18.4. The summed E-state index contributed by atoms with van der Waals surface area (Å²) in [4.78, 5) is 1.17. The number of nitrogens with zero attached hydrogens (tertiary/aromatic N) is 2. The summed E-state index contributed by atoms with van der Waals surface area (Å²) in [6, 6.07) is 6.31. The molecule has 5 nitrogen and oxygen atoms in total. The first-order chi connectivity index (χ1) is 9.33. The number of anilines is 1. The first-order valence-corrected chi connectivity index (χ1v) is 7.14. The van der Waals surface area contributed by atoms with Gasteiger partial charge in [0, 0.05) is 26.8 Å². The maximum absolute atomic E-state index is 5.39. The molecule has 102 valence electrons.